The summed E-state index contributed by atoms with van der Waals surface area (Å²) < 4.78 is 0. The largest absolute Gasteiger partial charge is 0.361 e. The predicted molar refractivity (Wildman–Crippen MR) is 124 cm³/mol. The fourth-order valence-electron chi connectivity index (χ4n) is 4.20. The molecule has 1 saturated heterocycles. The van der Waals surface area contributed by atoms with Crippen molar-refractivity contribution in [2.24, 2.45) is 0 Å². The van der Waals surface area contributed by atoms with Crippen LogP contribution in [0, 0.1) is 0 Å². The van der Waals surface area contributed by atoms with Gasteiger partial charge in [0, 0.05) is 36.2 Å². The second-order valence-corrected chi connectivity index (χ2v) is 8.29. The molecule has 4 rings (SSSR count). The zero-order valence-corrected chi connectivity index (χ0v) is 18.2. The van der Waals surface area contributed by atoms with E-state index in [9.17, 15) is 14.4 Å². The SMILES string of the molecule is CC(Cc1c[nH]c2ccccc12)NC(=O)C(=O)Nc1ccccc1C(=O)N1CCCCC1. The number of nitrogens with one attached hydrogen (secondary N) is 3. The molecular weight excluding hydrogens is 404 g/mol. The molecule has 0 bridgehead atoms. The van der Waals surface area contributed by atoms with Crippen molar-refractivity contribution in [3.8, 4) is 0 Å². The molecule has 0 saturated carbocycles. The van der Waals surface area contributed by atoms with Crippen LogP contribution in [-0.4, -0.2) is 46.7 Å². The molecule has 1 aromatic heterocycles. The van der Waals surface area contributed by atoms with Crippen LogP contribution in [0.2, 0.25) is 0 Å². The Kier molecular flexibility index (Phi) is 6.54. The minimum atomic E-state index is -0.783. The molecular formula is C25H28N4O3. The number of anilines is 1. The third-order valence-corrected chi connectivity index (χ3v) is 5.83. The fourth-order valence-corrected chi connectivity index (χ4v) is 4.20. The number of nitrogens with zero attached hydrogens (tertiary/aromatic N) is 1. The molecule has 166 valence electrons. The van der Waals surface area contributed by atoms with E-state index in [1.54, 1.807) is 29.2 Å². The van der Waals surface area contributed by atoms with Gasteiger partial charge in [-0.1, -0.05) is 30.3 Å². The molecule has 1 fully saturated rings. The Balaban J connectivity index is 1.38. The number of rotatable bonds is 5. The number of benzene rings is 2. The van der Waals surface area contributed by atoms with E-state index in [0.717, 1.165) is 35.7 Å². The van der Waals surface area contributed by atoms with Crippen LogP contribution < -0.4 is 10.6 Å². The normalized spacial score (nSPS) is 14.7. The first-order valence-electron chi connectivity index (χ1n) is 11.1. The first-order valence-corrected chi connectivity index (χ1v) is 11.1. The molecule has 2 aromatic carbocycles. The van der Waals surface area contributed by atoms with Crippen LogP contribution in [0.4, 0.5) is 5.69 Å². The van der Waals surface area contributed by atoms with Crippen LogP contribution >= 0.6 is 0 Å². The Morgan fingerprint density at radius 1 is 0.969 bits per heavy atom. The number of hydrogen-bond acceptors (Lipinski definition) is 3. The highest BCUT2D eigenvalue weighted by atomic mass is 16.2. The molecule has 0 spiro atoms. The first-order chi connectivity index (χ1) is 15.5. The number of carbonyl (C=O) groups excluding carboxylic acids is 3. The van der Waals surface area contributed by atoms with E-state index in [0.29, 0.717) is 30.8 Å². The number of para-hydroxylation sites is 2. The van der Waals surface area contributed by atoms with Gasteiger partial charge in [-0.3, -0.25) is 14.4 Å². The summed E-state index contributed by atoms with van der Waals surface area (Å²) in [6.07, 6.45) is 5.61. The Morgan fingerprint density at radius 3 is 2.50 bits per heavy atom. The number of aromatic nitrogens is 1. The van der Waals surface area contributed by atoms with Crippen molar-refractivity contribution in [3.63, 3.8) is 0 Å². The number of fused-ring (bicyclic) bond motifs is 1. The monoisotopic (exact) mass is 432 g/mol. The smallest absolute Gasteiger partial charge is 0.313 e. The van der Waals surface area contributed by atoms with Gasteiger partial charge in [0.2, 0.25) is 0 Å². The molecule has 2 heterocycles. The van der Waals surface area contributed by atoms with E-state index in [1.165, 1.54) is 0 Å². The van der Waals surface area contributed by atoms with Gasteiger partial charge in [0.1, 0.15) is 0 Å². The van der Waals surface area contributed by atoms with Gasteiger partial charge >= 0.3 is 11.8 Å². The molecule has 3 amide bonds. The third-order valence-electron chi connectivity index (χ3n) is 5.83. The van der Waals surface area contributed by atoms with Crippen LogP contribution in [0.5, 0.6) is 0 Å². The standard InChI is InChI=1S/C25H28N4O3/c1-17(15-18-16-26-21-11-5-3-9-19(18)21)27-23(30)24(31)28-22-12-6-4-10-20(22)25(32)29-13-7-2-8-14-29/h3-6,9-12,16-17,26H,2,7-8,13-15H2,1H3,(H,27,30)(H,28,31). The lowest BCUT2D eigenvalue weighted by Crippen LogP contribution is -2.42. The highest BCUT2D eigenvalue weighted by molar-refractivity contribution is 6.40. The third kappa shape index (κ3) is 4.82. The van der Waals surface area contributed by atoms with E-state index in [1.807, 2.05) is 37.4 Å². The Hall–Kier alpha value is -3.61. The van der Waals surface area contributed by atoms with Gasteiger partial charge in [-0.25, -0.2) is 0 Å². The fraction of sp³-hybridized carbons (Fsp3) is 0.320. The van der Waals surface area contributed by atoms with Crippen LogP contribution in [0.1, 0.15) is 42.1 Å². The molecule has 32 heavy (non-hydrogen) atoms. The lowest BCUT2D eigenvalue weighted by atomic mass is 10.1. The summed E-state index contributed by atoms with van der Waals surface area (Å²) in [5.41, 5.74) is 2.87. The van der Waals surface area contributed by atoms with Gasteiger partial charge in [-0.05, 0) is 56.4 Å². The van der Waals surface area contributed by atoms with Gasteiger partial charge in [-0.2, -0.15) is 0 Å². The summed E-state index contributed by atoms with van der Waals surface area (Å²) in [6.45, 7) is 3.29. The van der Waals surface area contributed by atoms with E-state index in [2.05, 4.69) is 15.6 Å². The quantitative estimate of drug-likeness (QED) is 0.539. The Bertz CT molecular complexity index is 1130. The molecule has 1 aliphatic rings. The molecule has 3 N–H and O–H groups in total. The number of H-pyrrole nitrogens is 1. The van der Waals surface area contributed by atoms with Gasteiger partial charge in [0.05, 0.1) is 11.3 Å². The maximum Gasteiger partial charge on any atom is 0.313 e. The Labute approximate surface area is 187 Å². The molecule has 1 atom stereocenters. The Morgan fingerprint density at radius 2 is 1.69 bits per heavy atom. The molecule has 1 unspecified atom stereocenters. The number of hydrogen-bond donors (Lipinski definition) is 3. The zero-order valence-electron chi connectivity index (χ0n) is 18.2. The molecule has 0 aliphatic carbocycles. The summed E-state index contributed by atoms with van der Waals surface area (Å²) in [5.74, 6) is -1.62. The molecule has 7 heteroatoms. The topological polar surface area (TPSA) is 94.3 Å². The van der Waals surface area contributed by atoms with Crippen molar-refractivity contribution in [2.75, 3.05) is 18.4 Å². The van der Waals surface area contributed by atoms with Gasteiger partial charge in [0.25, 0.3) is 5.91 Å². The van der Waals surface area contributed by atoms with E-state index < -0.39 is 11.8 Å². The average Bonchev–Trinajstić information content (AvgIpc) is 3.22. The van der Waals surface area contributed by atoms with Crippen molar-refractivity contribution in [1.82, 2.24) is 15.2 Å². The van der Waals surface area contributed by atoms with E-state index in [4.69, 9.17) is 0 Å². The number of carbonyl (C=O) groups is 3. The highest BCUT2D eigenvalue weighted by Gasteiger charge is 2.23. The summed E-state index contributed by atoms with van der Waals surface area (Å²) in [7, 11) is 0. The lowest BCUT2D eigenvalue weighted by molar-refractivity contribution is -0.136. The van der Waals surface area contributed by atoms with Crippen molar-refractivity contribution >= 4 is 34.3 Å². The second-order valence-electron chi connectivity index (χ2n) is 8.29. The highest BCUT2D eigenvalue weighted by Crippen LogP contribution is 2.21. The van der Waals surface area contributed by atoms with Crippen LogP contribution in [-0.2, 0) is 16.0 Å². The number of amides is 3. The van der Waals surface area contributed by atoms with Gasteiger partial charge < -0.3 is 20.5 Å². The zero-order chi connectivity index (χ0) is 22.5. The molecule has 7 nitrogen and oxygen atoms in total. The second kappa shape index (κ2) is 9.68. The van der Waals surface area contributed by atoms with E-state index >= 15 is 0 Å². The minimum absolute atomic E-state index is 0.117. The van der Waals surface area contributed by atoms with Crippen molar-refractivity contribution < 1.29 is 14.4 Å². The summed E-state index contributed by atoms with van der Waals surface area (Å²) in [4.78, 5) is 43.0. The molecule has 1 aliphatic heterocycles. The van der Waals surface area contributed by atoms with Crippen LogP contribution in [0.3, 0.4) is 0 Å². The maximum absolute atomic E-state index is 12.9. The summed E-state index contributed by atoms with van der Waals surface area (Å²) >= 11 is 0. The van der Waals surface area contributed by atoms with Gasteiger partial charge in [0.15, 0.2) is 0 Å². The van der Waals surface area contributed by atoms with E-state index in [-0.39, 0.29) is 11.9 Å². The predicted octanol–water partition coefficient (Wildman–Crippen LogP) is 3.48. The van der Waals surface area contributed by atoms with Crippen molar-refractivity contribution in [3.05, 3.63) is 65.9 Å². The van der Waals surface area contributed by atoms with Crippen LogP contribution in [0.15, 0.2) is 54.7 Å². The summed E-state index contributed by atoms with van der Waals surface area (Å²) in [5, 5.41) is 6.47. The minimum Gasteiger partial charge on any atom is -0.361 e. The van der Waals surface area contributed by atoms with Crippen molar-refractivity contribution in [1.29, 1.82) is 0 Å². The number of aromatic amines is 1. The van der Waals surface area contributed by atoms with Crippen LogP contribution in [0.25, 0.3) is 10.9 Å². The maximum atomic E-state index is 12.9. The molecule has 3 aromatic rings. The summed E-state index contributed by atoms with van der Waals surface area (Å²) in [6, 6.07) is 14.6. The number of likely N-dealkylation sites (tertiary alicyclic amines) is 1. The average molecular weight is 433 g/mol. The lowest BCUT2D eigenvalue weighted by Gasteiger charge is -2.27. The van der Waals surface area contributed by atoms with Crippen molar-refractivity contribution in [2.45, 2.75) is 38.6 Å². The number of piperidine rings is 1. The van der Waals surface area contributed by atoms with Gasteiger partial charge in [-0.15, -0.1) is 0 Å². The molecule has 0 radical (unpaired) electrons. The first kappa shape index (κ1) is 21.6.